The molecule has 38 heavy (non-hydrogen) atoms. The number of pyridine rings is 1. The molecular weight excluding hydrogens is 502 g/mol. The number of aliphatic carboxylic acids is 1. The van der Waals surface area contributed by atoms with E-state index in [-0.39, 0.29) is 19.6 Å². The number of aryl methyl sites for hydroxylation is 2. The number of carboxylic acids is 1. The van der Waals surface area contributed by atoms with Gasteiger partial charge in [-0.15, -0.1) is 10.2 Å². The number of piperidine rings is 1. The highest BCUT2D eigenvalue weighted by Crippen LogP contribution is 2.36. The molecule has 0 bridgehead atoms. The first-order valence-corrected chi connectivity index (χ1v) is 11.7. The lowest BCUT2D eigenvalue weighted by Gasteiger charge is -2.39. The zero-order valence-electron chi connectivity index (χ0n) is 20.6. The number of ether oxygens (including phenoxy) is 1. The molecule has 0 aromatic carbocycles. The predicted molar refractivity (Wildman–Crippen MR) is 128 cm³/mol. The molecule has 4 aromatic heterocycles. The van der Waals surface area contributed by atoms with E-state index in [4.69, 9.17) is 9.84 Å². The van der Waals surface area contributed by atoms with Crippen LogP contribution in [0, 0.1) is 12.8 Å². The van der Waals surface area contributed by atoms with Crippen molar-refractivity contribution in [1.29, 1.82) is 0 Å². The summed E-state index contributed by atoms with van der Waals surface area (Å²) in [6, 6.07) is 4.99. The Hall–Kier alpha value is -4.56. The molecule has 5 heterocycles. The summed E-state index contributed by atoms with van der Waals surface area (Å²) in [5.74, 6) is -3.96. The minimum atomic E-state index is -2.99. The summed E-state index contributed by atoms with van der Waals surface area (Å²) in [5, 5.41) is 25.1. The number of nitrogens with zero attached hydrogens (tertiary/aromatic N) is 10. The van der Waals surface area contributed by atoms with Crippen LogP contribution in [0.25, 0.3) is 17.2 Å². The van der Waals surface area contributed by atoms with Crippen LogP contribution in [0.15, 0.2) is 36.9 Å². The zero-order valence-corrected chi connectivity index (χ0v) is 20.6. The fourth-order valence-corrected chi connectivity index (χ4v) is 4.54. The number of hydrogen-bond acceptors (Lipinski definition) is 10. The maximum absolute atomic E-state index is 14.4. The zero-order chi connectivity index (χ0) is 26.9. The summed E-state index contributed by atoms with van der Waals surface area (Å²) in [6.07, 6.45) is 3.76. The highest BCUT2D eigenvalue weighted by Gasteiger charge is 2.41. The van der Waals surface area contributed by atoms with Crippen molar-refractivity contribution in [2.75, 3.05) is 18.0 Å². The second kappa shape index (κ2) is 10.1. The summed E-state index contributed by atoms with van der Waals surface area (Å²) in [7, 11) is 1.72. The Balaban J connectivity index is 1.35. The van der Waals surface area contributed by atoms with E-state index in [9.17, 15) is 13.6 Å². The fourth-order valence-electron chi connectivity index (χ4n) is 4.54. The van der Waals surface area contributed by atoms with E-state index >= 15 is 0 Å². The summed E-state index contributed by atoms with van der Waals surface area (Å²) >= 11 is 0. The lowest BCUT2D eigenvalue weighted by atomic mass is 9.92. The number of aromatic nitrogens is 9. The standard InChI is InChI=1S/C23H24F2N10O3/c1-14-17(34-10-15(7-21(36)37)9-23(24,25)12-34)4-3-16(29-14)22-18(33(2)32-30-22)11-38-20-8-19(26-13-27-20)35-6-5-28-31-35/h3-6,8,13,15H,7,9-12H2,1-2H3,(H,36,37)/t15-/m0/s1. The molecular formula is C23H24F2N10O3. The quantitative estimate of drug-likeness (QED) is 0.359. The van der Waals surface area contributed by atoms with Crippen molar-refractivity contribution in [3.8, 4) is 23.1 Å². The van der Waals surface area contributed by atoms with Gasteiger partial charge >= 0.3 is 5.97 Å². The molecule has 1 N–H and O–H groups in total. The number of carbonyl (C=O) groups is 1. The van der Waals surface area contributed by atoms with Gasteiger partial charge in [0.25, 0.3) is 5.92 Å². The molecule has 0 aliphatic carbocycles. The molecule has 13 nitrogen and oxygen atoms in total. The third kappa shape index (κ3) is 5.40. The number of hydrogen-bond donors (Lipinski definition) is 1. The van der Waals surface area contributed by atoms with Crippen LogP contribution in [0.2, 0.25) is 0 Å². The van der Waals surface area contributed by atoms with Crippen molar-refractivity contribution < 1.29 is 23.4 Å². The van der Waals surface area contributed by atoms with Crippen molar-refractivity contribution in [3.05, 3.63) is 48.3 Å². The SMILES string of the molecule is Cc1nc(-c2nnn(C)c2COc2cc(-n3ccnn3)ncn2)ccc1N1C[C@@H](CC(=O)O)CC(F)(F)C1. The van der Waals surface area contributed by atoms with Crippen LogP contribution < -0.4 is 9.64 Å². The van der Waals surface area contributed by atoms with Crippen LogP contribution in [0.5, 0.6) is 5.88 Å². The second-order valence-corrected chi connectivity index (χ2v) is 9.06. The monoisotopic (exact) mass is 526 g/mol. The van der Waals surface area contributed by atoms with Gasteiger partial charge in [0, 0.05) is 26.1 Å². The Kier molecular flexibility index (Phi) is 6.65. The first-order valence-electron chi connectivity index (χ1n) is 11.7. The molecule has 4 aromatic rings. The van der Waals surface area contributed by atoms with Crippen molar-refractivity contribution in [2.45, 2.75) is 32.3 Å². The number of carboxylic acid groups (broad SMARTS) is 1. The summed E-state index contributed by atoms with van der Waals surface area (Å²) < 4.78 is 37.7. The minimum Gasteiger partial charge on any atom is -0.481 e. The molecule has 0 radical (unpaired) electrons. The topological polar surface area (TPSA) is 150 Å². The van der Waals surface area contributed by atoms with Gasteiger partial charge in [-0.2, -0.15) is 0 Å². The largest absolute Gasteiger partial charge is 0.481 e. The van der Waals surface area contributed by atoms with Crippen LogP contribution in [-0.2, 0) is 18.4 Å². The van der Waals surface area contributed by atoms with Gasteiger partial charge in [-0.1, -0.05) is 10.4 Å². The van der Waals surface area contributed by atoms with Gasteiger partial charge in [0.05, 0.1) is 42.4 Å². The number of rotatable bonds is 8. The maximum Gasteiger partial charge on any atom is 0.303 e. The molecule has 1 fully saturated rings. The Labute approximate surface area is 215 Å². The second-order valence-electron chi connectivity index (χ2n) is 9.06. The highest BCUT2D eigenvalue weighted by atomic mass is 19.3. The number of alkyl halides is 2. The molecule has 0 spiro atoms. The molecule has 1 aliphatic heterocycles. The summed E-state index contributed by atoms with van der Waals surface area (Å²) in [6.45, 7) is 1.51. The first-order chi connectivity index (χ1) is 18.2. The lowest BCUT2D eigenvalue weighted by Crippen LogP contribution is -2.48. The van der Waals surface area contributed by atoms with Crippen LogP contribution >= 0.6 is 0 Å². The van der Waals surface area contributed by atoms with E-state index in [2.05, 4.69) is 35.6 Å². The molecule has 0 amide bonds. The average Bonchev–Trinajstić information content (AvgIpc) is 3.51. The predicted octanol–water partition coefficient (Wildman–Crippen LogP) is 2.07. The normalized spacial score (nSPS) is 16.9. The van der Waals surface area contributed by atoms with Gasteiger partial charge in [-0.3, -0.25) is 4.79 Å². The van der Waals surface area contributed by atoms with Gasteiger partial charge in [0.15, 0.2) is 5.82 Å². The Morgan fingerprint density at radius 3 is 2.84 bits per heavy atom. The van der Waals surface area contributed by atoms with Gasteiger partial charge in [0.2, 0.25) is 5.88 Å². The Morgan fingerprint density at radius 1 is 1.26 bits per heavy atom. The third-order valence-electron chi connectivity index (χ3n) is 6.18. The smallest absolute Gasteiger partial charge is 0.303 e. The van der Waals surface area contributed by atoms with Gasteiger partial charge in [-0.05, 0) is 25.0 Å². The molecule has 1 saturated heterocycles. The fraction of sp³-hybridized carbons (Fsp3) is 0.391. The van der Waals surface area contributed by atoms with Crippen LogP contribution in [0.4, 0.5) is 14.5 Å². The Morgan fingerprint density at radius 2 is 2.11 bits per heavy atom. The van der Waals surface area contributed by atoms with E-state index in [1.54, 1.807) is 43.0 Å². The molecule has 1 aliphatic rings. The molecule has 1 atom stereocenters. The van der Waals surface area contributed by atoms with Crippen LogP contribution in [0.3, 0.4) is 0 Å². The third-order valence-corrected chi connectivity index (χ3v) is 6.18. The summed E-state index contributed by atoms with van der Waals surface area (Å²) in [5.41, 5.74) is 2.62. The molecule has 198 valence electrons. The molecule has 5 rings (SSSR count). The maximum atomic E-state index is 14.4. The van der Waals surface area contributed by atoms with Gasteiger partial charge in [-0.25, -0.2) is 33.1 Å². The molecule has 0 saturated carbocycles. The van der Waals surface area contributed by atoms with E-state index < -0.39 is 30.8 Å². The first kappa shape index (κ1) is 25.1. The van der Waals surface area contributed by atoms with E-state index in [0.717, 1.165) is 0 Å². The van der Waals surface area contributed by atoms with E-state index in [1.165, 1.54) is 22.1 Å². The summed E-state index contributed by atoms with van der Waals surface area (Å²) in [4.78, 5) is 25.5. The minimum absolute atomic E-state index is 0.0737. The van der Waals surface area contributed by atoms with Crippen molar-refractivity contribution >= 4 is 11.7 Å². The van der Waals surface area contributed by atoms with Crippen molar-refractivity contribution in [2.24, 2.45) is 13.0 Å². The van der Waals surface area contributed by atoms with Crippen molar-refractivity contribution in [3.63, 3.8) is 0 Å². The van der Waals surface area contributed by atoms with Gasteiger partial charge in [0.1, 0.15) is 24.3 Å². The number of halogens is 2. The molecule has 0 unspecified atom stereocenters. The van der Waals surface area contributed by atoms with Crippen molar-refractivity contribution in [1.82, 2.24) is 44.9 Å². The average molecular weight is 527 g/mol. The van der Waals surface area contributed by atoms with Crippen LogP contribution in [0.1, 0.15) is 24.2 Å². The van der Waals surface area contributed by atoms with Crippen LogP contribution in [-0.4, -0.2) is 75.0 Å². The van der Waals surface area contributed by atoms with E-state index in [0.29, 0.717) is 40.2 Å². The molecule has 15 heteroatoms. The van der Waals surface area contributed by atoms with E-state index in [1.807, 2.05) is 0 Å². The van der Waals surface area contributed by atoms with Gasteiger partial charge < -0.3 is 14.7 Å². The lowest BCUT2D eigenvalue weighted by molar-refractivity contribution is -0.139. The Bertz CT molecular complexity index is 1440. The number of anilines is 1. The highest BCUT2D eigenvalue weighted by molar-refractivity contribution is 5.67.